The molecule has 30 heavy (non-hydrogen) atoms. The predicted octanol–water partition coefficient (Wildman–Crippen LogP) is 7.79. The van der Waals surface area contributed by atoms with Gasteiger partial charge in [-0.25, -0.2) is 11.6 Å². The molecular formula is C25H41Cl2O2Ti. The van der Waals surface area contributed by atoms with E-state index in [4.69, 9.17) is 4.74 Å². The average Bonchev–Trinajstić information content (AvgIpc) is 3.16. The fourth-order valence-corrected chi connectivity index (χ4v) is 2.30. The van der Waals surface area contributed by atoms with Crippen LogP contribution in [0.15, 0.2) is 35.9 Å². The van der Waals surface area contributed by atoms with E-state index in [1.54, 1.807) is 23.1 Å². The molecule has 2 rings (SSSR count). The second-order valence-corrected chi connectivity index (χ2v) is 10.0. The quantitative estimate of drug-likeness (QED) is 0.345. The first-order valence-electron chi connectivity index (χ1n) is 10.1. The van der Waals surface area contributed by atoms with Gasteiger partial charge in [0.15, 0.2) is 0 Å². The molecule has 171 valence electrons. The van der Waals surface area contributed by atoms with Crippen molar-refractivity contribution in [2.75, 3.05) is 7.11 Å². The van der Waals surface area contributed by atoms with Crippen molar-refractivity contribution in [3.8, 4) is 11.5 Å². The normalized spacial score (nSPS) is 12.2. The first-order valence-corrected chi connectivity index (χ1v) is 10.9. The van der Waals surface area contributed by atoms with Crippen molar-refractivity contribution < 1.29 is 29.8 Å². The SMILES string of the molecule is CC(C)(C)C1=[C-]CC=C1.CC[C](=[Ti+])CC.COc1cc(O)cc(C(C)(C)C)c1.Cl.Cl. The van der Waals surface area contributed by atoms with E-state index in [1.807, 2.05) is 6.07 Å². The molecule has 0 aliphatic heterocycles. The summed E-state index contributed by atoms with van der Waals surface area (Å²) in [5.41, 5.74) is 2.76. The molecule has 2 nitrogen and oxygen atoms in total. The third-order valence-electron chi connectivity index (χ3n) is 4.35. The van der Waals surface area contributed by atoms with E-state index in [0.717, 1.165) is 12.0 Å². The van der Waals surface area contributed by atoms with Crippen LogP contribution in [0.25, 0.3) is 0 Å². The summed E-state index contributed by atoms with van der Waals surface area (Å²) in [4.78, 5) is 0. The fraction of sp³-hybridized carbons (Fsp3) is 0.560. The summed E-state index contributed by atoms with van der Waals surface area (Å²) in [6, 6.07) is 5.32. The Hall–Kier alpha value is -0.536. The number of phenolic OH excluding ortho intramolecular Hbond substituents is 1. The minimum Gasteiger partial charge on any atom is -0.508 e. The largest absolute Gasteiger partial charge is 0.508 e. The zero-order valence-electron chi connectivity index (χ0n) is 20.2. The van der Waals surface area contributed by atoms with Crippen LogP contribution in [0, 0.1) is 11.5 Å². The minimum absolute atomic E-state index is 0. The average molecular weight is 492 g/mol. The number of aromatic hydroxyl groups is 1. The molecule has 0 bridgehead atoms. The maximum atomic E-state index is 9.41. The zero-order valence-corrected chi connectivity index (χ0v) is 23.4. The molecule has 1 aromatic rings. The Balaban J connectivity index is -0.000000378. The maximum Gasteiger partial charge on any atom is 0.122 e. The number of rotatable bonds is 3. The molecule has 0 fully saturated rings. The molecule has 1 aliphatic rings. The van der Waals surface area contributed by atoms with Crippen LogP contribution in [0.5, 0.6) is 11.5 Å². The van der Waals surface area contributed by atoms with E-state index in [0.29, 0.717) is 11.2 Å². The zero-order chi connectivity index (χ0) is 22.0. The fourth-order valence-electron chi connectivity index (χ4n) is 2.30. The van der Waals surface area contributed by atoms with Gasteiger partial charge in [0.05, 0.1) is 7.11 Å². The van der Waals surface area contributed by atoms with Gasteiger partial charge in [0.2, 0.25) is 0 Å². The summed E-state index contributed by atoms with van der Waals surface area (Å²) in [6.45, 7) is 17.3. The smallest absolute Gasteiger partial charge is 0.122 e. The van der Waals surface area contributed by atoms with Crippen molar-refractivity contribution in [3.63, 3.8) is 0 Å². The van der Waals surface area contributed by atoms with E-state index in [2.05, 4.69) is 93.6 Å². The molecule has 0 saturated heterocycles. The summed E-state index contributed by atoms with van der Waals surface area (Å²) in [5, 5.41) is 9.41. The molecule has 0 atom stereocenters. The van der Waals surface area contributed by atoms with Crippen LogP contribution in [0.3, 0.4) is 0 Å². The van der Waals surface area contributed by atoms with Gasteiger partial charge < -0.3 is 9.84 Å². The molecule has 0 saturated carbocycles. The summed E-state index contributed by atoms with van der Waals surface area (Å²) in [7, 11) is 1.60. The summed E-state index contributed by atoms with van der Waals surface area (Å²) < 4.78 is 6.66. The Morgan fingerprint density at radius 3 is 1.80 bits per heavy atom. The van der Waals surface area contributed by atoms with Crippen molar-refractivity contribution in [2.24, 2.45) is 5.41 Å². The molecule has 0 heterocycles. The van der Waals surface area contributed by atoms with Crippen molar-refractivity contribution in [1.29, 1.82) is 0 Å². The maximum absolute atomic E-state index is 9.41. The van der Waals surface area contributed by atoms with Crippen LogP contribution in [-0.4, -0.2) is 16.0 Å². The molecule has 1 N–H and O–H groups in total. The Morgan fingerprint density at radius 1 is 1.00 bits per heavy atom. The minimum atomic E-state index is 0. The van der Waals surface area contributed by atoms with Gasteiger partial charge in [0.1, 0.15) is 11.5 Å². The van der Waals surface area contributed by atoms with Crippen LogP contribution >= 0.6 is 24.8 Å². The third kappa shape index (κ3) is 14.5. The predicted molar refractivity (Wildman–Crippen MR) is 133 cm³/mol. The van der Waals surface area contributed by atoms with Crippen molar-refractivity contribution in [1.82, 2.24) is 0 Å². The summed E-state index contributed by atoms with van der Waals surface area (Å²) in [6.07, 6.45) is 11.1. The Labute approximate surface area is 209 Å². The van der Waals surface area contributed by atoms with Gasteiger partial charge >= 0.3 is 50.5 Å². The number of ether oxygens (including phenoxy) is 1. The van der Waals surface area contributed by atoms with Crippen LogP contribution in [-0.2, 0) is 25.4 Å². The monoisotopic (exact) mass is 491 g/mol. The first-order chi connectivity index (χ1) is 12.8. The van der Waals surface area contributed by atoms with Gasteiger partial charge in [-0.1, -0.05) is 41.5 Å². The van der Waals surface area contributed by atoms with E-state index in [-0.39, 0.29) is 36.0 Å². The van der Waals surface area contributed by atoms with Gasteiger partial charge in [-0.05, 0) is 28.5 Å². The number of hydrogen-bond donors (Lipinski definition) is 1. The number of benzene rings is 1. The van der Waals surface area contributed by atoms with Gasteiger partial charge in [0.25, 0.3) is 0 Å². The van der Waals surface area contributed by atoms with Crippen molar-refractivity contribution in [3.05, 3.63) is 47.6 Å². The second kappa shape index (κ2) is 16.1. The number of hydrogen-bond acceptors (Lipinski definition) is 2. The number of methoxy groups -OCH3 is 1. The summed E-state index contributed by atoms with van der Waals surface area (Å²) >= 11 is 2.19. The van der Waals surface area contributed by atoms with Gasteiger partial charge in [-0.2, -0.15) is 6.08 Å². The number of halogens is 2. The van der Waals surface area contributed by atoms with Crippen LogP contribution in [0.1, 0.15) is 80.2 Å². The Morgan fingerprint density at radius 2 is 1.53 bits per heavy atom. The molecule has 1 aliphatic carbocycles. The van der Waals surface area contributed by atoms with Gasteiger partial charge in [0, 0.05) is 6.07 Å². The second-order valence-electron chi connectivity index (χ2n) is 8.93. The van der Waals surface area contributed by atoms with E-state index in [9.17, 15) is 5.11 Å². The molecule has 5 heteroatoms. The van der Waals surface area contributed by atoms with Crippen LogP contribution < -0.4 is 4.74 Å². The van der Waals surface area contributed by atoms with Crippen molar-refractivity contribution in [2.45, 2.75) is 80.1 Å². The molecule has 0 amide bonds. The van der Waals surface area contributed by atoms with Gasteiger partial charge in [-0.3, -0.25) is 6.08 Å². The molecule has 1 aromatic carbocycles. The van der Waals surface area contributed by atoms with E-state index >= 15 is 0 Å². The Bertz CT molecular complexity index is 675. The van der Waals surface area contributed by atoms with Crippen molar-refractivity contribution >= 4 is 28.6 Å². The number of phenols is 1. The van der Waals surface area contributed by atoms with E-state index < -0.39 is 0 Å². The molecule has 0 unspecified atom stereocenters. The topological polar surface area (TPSA) is 29.5 Å². The standard InChI is InChI=1S/C11H16O2.C9H13.C5H10.2ClH.Ti/c1-11(2,3)8-5-9(12)7-10(6-8)13-4;1-9(2,3)8-6-4-5-7-8;1-3-5-4-2;;;/h5-7,12H,1-4H3;4,6H,5H2,1-3H3;3-4H2,1-2H3;2*1H;/q;-1;;;;+1. The molecule has 0 radical (unpaired) electrons. The molecule has 0 aromatic heterocycles. The van der Waals surface area contributed by atoms with Gasteiger partial charge in [-0.15, -0.1) is 31.2 Å². The van der Waals surface area contributed by atoms with Crippen LogP contribution in [0.2, 0.25) is 0 Å². The molecule has 0 spiro atoms. The number of allylic oxidation sites excluding steroid dienone is 4. The van der Waals surface area contributed by atoms with Crippen LogP contribution in [0.4, 0.5) is 0 Å². The van der Waals surface area contributed by atoms with E-state index in [1.165, 1.54) is 18.4 Å². The summed E-state index contributed by atoms with van der Waals surface area (Å²) in [5.74, 6) is 0.953. The third-order valence-corrected chi connectivity index (χ3v) is 5.45. The Kier molecular flexibility index (Phi) is 18.3. The first kappa shape index (κ1) is 34.1. The molecular weight excluding hydrogens is 451 g/mol.